The number of nitrogens with one attached hydrogen (secondary N) is 1. The summed E-state index contributed by atoms with van der Waals surface area (Å²) >= 11 is 11.9. The molecule has 0 saturated carbocycles. The van der Waals surface area contributed by atoms with E-state index in [1.165, 1.54) is 13.2 Å². The van der Waals surface area contributed by atoms with Gasteiger partial charge in [0.15, 0.2) is 0 Å². The Hall–Kier alpha value is -2.30. The quantitative estimate of drug-likeness (QED) is 0.630. The lowest BCUT2D eigenvalue weighted by molar-refractivity contribution is -0.111. The monoisotopic (exact) mass is 363 g/mol. The second-order valence-corrected chi connectivity index (χ2v) is 5.85. The first-order valence-electron chi connectivity index (χ1n) is 7.04. The van der Waals surface area contributed by atoms with Gasteiger partial charge in [0.1, 0.15) is 0 Å². The largest absolute Gasteiger partial charge is 0.465 e. The summed E-state index contributed by atoms with van der Waals surface area (Å²) in [5, 5.41) is 3.74. The van der Waals surface area contributed by atoms with Crippen LogP contribution in [0, 0.1) is 6.92 Å². The lowest BCUT2D eigenvalue weighted by atomic mass is 10.1. The van der Waals surface area contributed by atoms with Crippen molar-refractivity contribution >= 4 is 46.8 Å². The smallest absolute Gasteiger partial charge is 0.337 e. The van der Waals surface area contributed by atoms with Crippen LogP contribution in [0.3, 0.4) is 0 Å². The van der Waals surface area contributed by atoms with E-state index in [0.717, 1.165) is 5.56 Å². The predicted octanol–water partition coefficient (Wildman–Crippen LogP) is 4.74. The number of methoxy groups -OCH3 is 1. The molecule has 1 N–H and O–H groups in total. The Labute approximate surface area is 150 Å². The predicted molar refractivity (Wildman–Crippen MR) is 96.6 cm³/mol. The lowest BCUT2D eigenvalue weighted by Gasteiger charge is -2.08. The zero-order valence-corrected chi connectivity index (χ0v) is 14.6. The summed E-state index contributed by atoms with van der Waals surface area (Å²) in [6.07, 6.45) is 2.98. The second-order valence-electron chi connectivity index (χ2n) is 5.01. The number of anilines is 1. The van der Waals surface area contributed by atoms with E-state index in [-0.39, 0.29) is 5.91 Å². The summed E-state index contributed by atoms with van der Waals surface area (Å²) in [7, 11) is 1.32. The molecular weight excluding hydrogens is 349 g/mol. The molecule has 0 atom stereocenters. The van der Waals surface area contributed by atoms with E-state index in [9.17, 15) is 9.59 Å². The fraction of sp³-hybridized carbons (Fsp3) is 0.111. The molecule has 0 unspecified atom stereocenters. The van der Waals surface area contributed by atoms with Gasteiger partial charge in [0, 0.05) is 21.8 Å². The van der Waals surface area contributed by atoms with Crippen LogP contribution in [-0.2, 0) is 9.53 Å². The number of ether oxygens (including phenoxy) is 1. The highest BCUT2D eigenvalue weighted by atomic mass is 35.5. The number of esters is 1. The van der Waals surface area contributed by atoms with Crippen LogP contribution in [0.2, 0.25) is 10.0 Å². The zero-order valence-electron chi connectivity index (χ0n) is 13.1. The van der Waals surface area contributed by atoms with Gasteiger partial charge in [0.05, 0.1) is 12.7 Å². The fourth-order valence-electron chi connectivity index (χ4n) is 2.03. The van der Waals surface area contributed by atoms with E-state index in [4.69, 9.17) is 23.2 Å². The van der Waals surface area contributed by atoms with Gasteiger partial charge in [0.25, 0.3) is 0 Å². The SMILES string of the molecule is COC(=O)c1ccc(NC(=O)/C=C/c2ccc(Cl)cc2Cl)c(C)c1. The third-order valence-electron chi connectivity index (χ3n) is 3.28. The average Bonchev–Trinajstić information content (AvgIpc) is 2.55. The molecule has 0 aliphatic carbocycles. The van der Waals surface area contributed by atoms with Crippen LogP contribution in [0.5, 0.6) is 0 Å². The van der Waals surface area contributed by atoms with Crippen molar-refractivity contribution in [2.75, 3.05) is 12.4 Å². The van der Waals surface area contributed by atoms with Crippen LogP contribution in [0.25, 0.3) is 6.08 Å². The molecule has 24 heavy (non-hydrogen) atoms. The van der Waals surface area contributed by atoms with E-state index in [1.54, 1.807) is 49.4 Å². The minimum absolute atomic E-state index is 0.310. The maximum absolute atomic E-state index is 12.0. The van der Waals surface area contributed by atoms with Gasteiger partial charge in [-0.15, -0.1) is 0 Å². The molecule has 0 saturated heterocycles. The summed E-state index contributed by atoms with van der Waals surface area (Å²) < 4.78 is 4.66. The molecule has 0 aliphatic heterocycles. The van der Waals surface area contributed by atoms with Crippen LogP contribution < -0.4 is 5.32 Å². The Morgan fingerprint density at radius 1 is 1.12 bits per heavy atom. The van der Waals surface area contributed by atoms with Crippen molar-refractivity contribution in [1.29, 1.82) is 0 Å². The van der Waals surface area contributed by atoms with E-state index >= 15 is 0 Å². The Balaban J connectivity index is 2.09. The molecule has 0 radical (unpaired) electrons. The first-order chi connectivity index (χ1) is 11.4. The summed E-state index contributed by atoms with van der Waals surface area (Å²) in [5.41, 5.74) is 2.48. The first kappa shape index (κ1) is 18.0. The molecular formula is C18H15Cl2NO3. The third kappa shape index (κ3) is 4.60. The molecule has 2 aromatic rings. The molecule has 4 nitrogen and oxygen atoms in total. The van der Waals surface area contributed by atoms with E-state index in [0.29, 0.717) is 26.9 Å². The minimum atomic E-state index is -0.423. The molecule has 0 aromatic heterocycles. The third-order valence-corrected chi connectivity index (χ3v) is 3.84. The number of aryl methyl sites for hydroxylation is 1. The maximum Gasteiger partial charge on any atom is 0.337 e. The van der Waals surface area contributed by atoms with Crippen molar-refractivity contribution in [3.63, 3.8) is 0 Å². The highest BCUT2D eigenvalue weighted by Gasteiger charge is 2.08. The van der Waals surface area contributed by atoms with Gasteiger partial charge in [-0.2, -0.15) is 0 Å². The second kappa shape index (κ2) is 7.99. The van der Waals surface area contributed by atoms with Crippen molar-refractivity contribution < 1.29 is 14.3 Å². The molecule has 0 spiro atoms. The number of amides is 1. The van der Waals surface area contributed by atoms with Gasteiger partial charge in [-0.1, -0.05) is 29.3 Å². The summed E-state index contributed by atoms with van der Waals surface area (Å²) in [6.45, 7) is 1.79. The average molecular weight is 364 g/mol. The number of hydrogen-bond donors (Lipinski definition) is 1. The van der Waals surface area contributed by atoms with Crippen molar-refractivity contribution in [3.8, 4) is 0 Å². The van der Waals surface area contributed by atoms with Crippen LogP contribution >= 0.6 is 23.2 Å². The Morgan fingerprint density at radius 3 is 2.50 bits per heavy atom. The van der Waals surface area contributed by atoms with Gasteiger partial charge in [-0.3, -0.25) is 4.79 Å². The van der Waals surface area contributed by atoms with Crippen LogP contribution in [0.4, 0.5) is 5.69 Å². The number of hydrogen-bond acceptors (Lipinski definition) is 3. The summed E-state index contributed by atoms with van der Waals surface area (Å²) in [5.74, 6) is -0.733. The summed E-state index contributed by atoms with van der Waals surface area (Å²) in [4.78, 5) is 23.5. The van der Waals surface area contributed by atoms with Gasteiger partial charge < -0.3 is 10.1 Å². The molecule has 1 amide bonds. The highest BCUT2D eigenvalue weighted by molar-refractivity contribution is 6.35. The van der Waals surface area contributed by atoms with Crippen molar-refractivity contribution in [2.45, 2.75) is 6.92 Å². The molecule has 0 fully saturated rings. The molecule has 2 rings (SSSR count). The van der Waals surface area contributed by atoms with Crippen molar-refractivity contribution in [1.82, 2.24) is 0 Å². The van der Waals surface area contributed by atoms with Crippen LogP contribution in [0.15, 0.2) is 42.5 Å². The van der Waals surface area contributed by atoms with Crippen LogP contribution in [-0.4, -0.2) is 19.0 Å². The lowest BCUT2D eigenvalue weighted by Crippen LogP contribution is -2.10. The number of carbonyl (C=O) groups excluding carboxylic acids is 2. The number of carbonyl (C=O) groups is 2. The van der Waals surface area contributed by atoms with Crippen molar-refractivity contribution in [2.24, 2.45) is 0 Å². The molecule has 124 valence electrons. The Bertz CT molecular complexity index is 816. The normalized spacial score (nSPS) is 10.7. The van der Waals surface area contributed by atoms with E-state index in [2.05, 4.69) is 10.1 Å². The number of rotatable bonds is 4. The Morgan fingerprint density at radius 2 is 1.88 bits per heavy atom. The summed E-state index contributed by atoms with van der Waals surface area (Å²) in [6, 6.07) is 9.93. The minimum Gasteiger partial charge on any atom is -0.465 e. The highest BCUT2D eigenvalue weighted by Crippen LogP contribution is 2.22. The van der Waals surface area contributed by atoms with Crippen LogP contribution in [0.1, 0.15) is 21.5 Å². The Kier molecular flexibility index (Phi) is 6.01. The molecule has 0 bridgehead atoms. The molecule has 2 aromatic carbocycles. The van der Waals surface area contributed by atoms with Gasteiger partial charge >= 0.3 is 5.97 Å². The number of halogens is 2. The van der Waals surface area contributed by atoms with E-state index in [1.807, 2.05) is 0 Å². The molecule has 0 heterocycles. The van der Waals surface area contributed by atoms with Gasteiger partial charge in [-0.25, -0.2) is 4.79 Å². The molecule has 6 heteroatoms. The number of benzene rings is 2. The topological polar surface area (TPSA) is 55.4 Å². The fourth-order valence-corrected chi connectivity index (χ4v) is 2.50. The first-order valence-corrected chi connectivity index (χ1v) is 7.79. The molecule has 0 aliphatic rings. The zero-order chi connectivity index (χ0) is 17.7. The van der Waals surface area contributed by atoms with E-state index < -0.39 is 5.97 Å². The standard InChI is InChI=1S/C18H15Cl2NO3/c1-11-9-13(18(23)24-2)4-7-16(11)21-17(22)8-5-12-3-6-14(19)10-15(12)20/h3-10H,1-2H3,(H,21,22)/b8-5+. The van der Waals surface area contributed by atoms with Gasteiger partial charge in [0.2, 0.25) is 5.91 Å². The van der Waals surface area contributed by atoms with Crippen molar-refractivity contribution in [3.05, 3.63) is 69.2 Å². The van der Waals surface area contributed by atoms with Gasteiger partial charge in [-0.05, 0) is 54.5 Å². The maximum atomic E-state index is 12.0.